The van der Waals surface area contributed by atoms with Crippen LogP contribution in [-0.4, -0.2) is 0 Å². The van der Waals surface area contributed by atoms with Gasteiger partial charge in [0.2, 0.25) is 0 Å². The van der Waals surface area contributed by atoms with Crippen LogP contribution in [0.15, 0.2) is 46.9 Å². The zero-order valence-corrected chi connectivity index (χ0v) is 12.6. The van der Waals surface area contributed by atoms with Crippen molar-refractivity contribution < 1.29 is 9.15 Å². The number of hydrogen-bond acceptors (Lipinski definition) is 3. The molecule has 0 aliphatic carbocycles. The summed E-state index contributed by atoms with van der Waals surface area (Å²) >= 11 is 12.1. The number of hydrogen-bond donors (Lipinski definition) is 1. The van der Waals surface area contributed by atoms with Gasteiger partial charge in [0, 0.05) is 10.9 Å². The molecule has 2 aromatic carbocycles. The van der Waals surface area contributed by atoms with Crippen molar-refractivity contribution in [3.63, 3.8) is 0 Å². The minimum atomic E-state index is 0.316. The van der Waals surface area contributed by atoms with Gasteiger partial charge in [-0.1, -0.05) is 47.5 Å². The van der Waals surface area contributed by atoms with Gasteiger partial charge in [0.1, 0.15) is 28.7 Å². The Morgan fingerprint density at radius 1 is 1.05 bits per heavy atom. The van der Waals surface area contributed by atoms with Crippen LogP contribution >= 0.6 is 23.2 Å². The maximum Gasteiger partial charge on any atom is 0.139 e. The molecular formula is C16H13Cl2NO2. The van der Waals surface area contributed by atoms with Crippen LogP contribution in [-0.2, 0) is 13.2 Å². The third kappa shape index (κ3) is 2.72. The van der Waals surface area contributed by atoms with Gasteiger partial charge in [0.05, 0.1) is 11.6 Å². The Hall–Kier alpha value is -1.68. The predicted octanol–water partition coefficient (Wildman–Crippen LogP) is 4.78. The first kappa shape index (κ1) is 14.3. The van der Waals surface area contributed by atoms with Crippen LogP contribution in [0.2, 0.25) is 10.0 Å². The van der Waals surface area contributed by atoms with Gasteiger partial charge >= 0.3 is 0 Å². The van der Waals surface area contributed by atoms with E-state index in [-0.39, 0.29) is 0 Å². The van der Waals surface area contributed by atoms with Crippen molar-refractivity contribution in [3.8, 4) is 5.75 Å². The van der Waals surface area contributed by atoms with E-state index >= 15 is 0 Å². The number of fused-ring (bicyclic) bond motifs is 1. The van der Waals surface area contributed by atoms with Gasteiger partial charge in [0.25, 0.3) is 0 Å². The molecule has 2 N–H and O–H groups in total. The summed E-state index contributed by atoms with van der Waals surface area (Å²) in [5.74, 6) is 1.26. The minimum Gasteiger partial charge on any atom is -0.487 e. The molecule has 0 amide bonds. The quantitative estimate of drug-likeness (QED) is 0.752. The first-order chi connectivity index (χ1) is 10.2. The predicted molar refractivity (Wildman–Crippen MR) is 84.9 cm³/mol. The van der Waals surface area contributed by atoms with Crippen LogP contribution in [0, 0.1) is 0 Å². The SMILES string of the molecule is NCc1oc2ccccc2c1COc1cccc(Cl)c1Cl. The van der Waals surface area contributed by atoms with Crippen LogP contribution in [0.4, 0.5) is 0 Å². The number of rotatable bonds is 4. The lowest BCUT2D eigenvalue weighted by atomic mass is 10.1. The summed E-state index contributed by atoms with van der Waals surface area (Å²) in [6.45, 7) is 0.639. The van der Waals surface area contributed by atoms with Crippen molar-refractivity contribution >= 4 is 34.2 Å². The number of para-hydroxylation sites is 1. The molecule has 0 atom stereocenters. The monoisotopic (exact) mass is 321 g/mol. The average molecular weight is 322 g/mol. The molecule has 0 aliphatic heterocycles. The Kier molecular flexibility index (Phi) is 4.06. The van der Waals surface area contributed by atoms with E-state index in [1.165, 1.54) is 0 Å². The molecular weight excluding hydrogens is 309 g/mol. The van der Waals surface area contributed by atoms with Gasteiger partial charge in [-0.15, -0.1) is 0 Å². The number of halogens is 2. The Morgan fingerprint density at radius 2 is 1.86 bits per heavy atom. The molecule has 0 saturated carbocycles. The summed E-state index contributed by atoms with van der Waals surface area (Å²) in [5, 5.41) is 1.86. The first-order valence-electron chi connectivity index (χ1n) is 6.47. The fourth-order valence-corrected chi connectivity index (χ4v) is 2.56. The topological polar surface area (TPSA) is 48.4 Å². The van der Waals surface area contributed by atoms with Crippen LogP contribution in [0.5, 0.6) is 5.75 Å². The van der Waals surface area contributed by atoms with Crippen LogP contribution in [0.1, 0.15) is 11.3 Å². The van der Waals surface area contributed by atoms with E-state index in [1.807, 2.05) is 24.3 Å². The lowest BCUT2D eigenvalue weighted by Gasteiger charge is -2.09. The number of benzene rings is 2. The normalized spacial score (nSPS) is 11.0. The molecule has 0 spiro atoms. The molecule has 0 bridgehead atoms. The second kappa shape index (κ2) is 5.98. The van der Waals surface area contributed by atoms with E-state index in [2.05, 4.69) is 0 Å². The maximum absolute atomic E-state index is 6.12. The van der Waals surface area contributed by atoms with E-state index in [0.717, 1.165) is 16.5 Å². The number of nitrogens with two attached hydrogens (primary N) is 1. The van der Waals surface area contributed by atoms with Crippen molar-refractivity contribution in [2.75, 3.05) is 0 Å². The standard InChI is InChI=1S/C16H13Cl2NO2/c17-12-5-3-7-14(16(12)18)20-9-11-10-4-1-2-6-13(10)21-15(11)8-19/h1-7H,8-9,19H2. The molecule has 1 heterocycles. The average Bonchev–Trinajstić information content (AvgIpc) is 2.86. The molecule has 0 unspecified atom stereocenters. The highest BCUT2D eigenvalue weighted by Crippen LogP contribution is 2.33. The van der Waals surface area contributed by atoms with E-state index in [9.17, 15) is 0 Å². The van der Waals surface area contributed by atoms with Crippen molar-refractivity contribution in [2.24, 2.45) is 5.73 Å². The Bertz CT molecular complexity index is 783. The van der Waals surface area contributed by atoms with Crippen molar-refractivity contribution in [2.45, 2.75) is 13.2 Å². The molecule has 0 saturated heterocycles. The maximum atomic E-state index is 6.12. The largest absolute Gasteiger partial charge is 0.487 e. The molecule has 3 rings (SSSR count). The summed E-state index contributed by atoms with van der Waals surface area (Å²) in [7, 11) is 0. The highest BCUT2D eigenvalue weighted by Gasteiger charge is 2.14. The zero-order chi connectivity index (χ0) is 14.8. The molecule has 5 heteroatoms. The summed E-state index contributed by atoms with van der Waals surface area (Å²) < 4.78 is 11.5. The van der Waals surface area contributed by atoms with E-state index < -0.39 is 0 Å². The molecule has 3 aromatic rings. The fraction of sp³-hybridized carbons (Fsp3) is 0.125. The fourth-order valence-electron chi connectivity index (χ4n) is 2.22. The zero-order valence-electron chi connectivity index (χ0n) is 11.1. The van der Waals surface area contributed by atoms with Gasteiger partial charge in [-0.2, -0.15) is 0 Å². The van der Waals surface area contributed by atoms with Crippen LogP contribution < -0.4 is 10.5 Å². The second-order valence-corrected chi connectivity index (χ2v) is 5.33. The van der Waals surface area contributed by atoms with Crippen molar-refractivity contribution in [1.82, 2.24) is 0 Å². The molecule has 0 aliphatic rings. The summed E-state index contributed by atoms with van der Waals surface area (Å²) in [6, 6.07) is 13.0. The van der Waals surface area contributed by atoms with E-state index in [1.54, 1.807) is 18.2 Å². The highest BCUT2D eigenvalue weighted by atomic mass is 35.5. The third-order valence-corrected chi connectivity index (χ3v) is 4.06. The molecule has 108 valence electrons. The lowest BCUT2D eigenvalue weighted by Crippen LogP contribution is -2.02. The van der Waals surface area contributed by atoms with Gasteiger partial charge in [-0.05, 0) is 18.2 Å². The molecule has 3 nitrogen and oxygen atoms in total. The Balaban J connectivity index is 1.93. The number of ether oxygens (including phenoxy) is 1. The Labute approximate surface area is 132 Å². The lowest BCUT2D eigenvalue weighted by molar-refractivity contribution is 0.303. The van der Waals surface area contributed by atoms with Gasteiger partial charge in [0.15, 0.2) is 0 Å². The summed E-state index contributed by atoms with van der Waals surface area (Å²) in [4.78, 5) is 0. The third-order valence-electron chi connectivity index (χ3n) is 3.26. The van der Waals surface area contributed by atoms with Crippen LogP contribution in [0.25, 0.3) is 11.0 Å². The number of furan rings is 1. The van der Waals surface area contributed by atoms with Crippen molar-refractivity contribution in [1.29, 1.82) is 0 Å². The minimum absolute atomic E-state index is 0.316. The second-order valence-electron chi connectivity index (χ2n) is 4.54. The van der Waals surface area contributed by atoms with Crippen LogP contribution in [0.3, 0.4) is 0 Å². The summed E-state index contributed by atoms with van der Waals surface area (Å²) in [6.07, 6.45) is 0. The van der Waals surface area contributed by atoms with E-state index in [4.69, 9.17) is 38.1 Å². The smallest absolute Gasteiger partial charge is 0.139 e. The molecule has 0 radical (unpaired) electrons. The molecule has 21 heavy (non-hydrogen) atoms. The van der Waals surface area contributed by atoms with Gasteiger partial charge in [-0.25, -0.2) is 0 Å². The van der Waals surface area contributed by atoms with E-state index in [0.29, 0.717) is 34.7 Å². The summed E-state index contributed by atoms with van der Waals surface area (Å²) in [5.41, 5.74) is 7.48. The highest BCUT2D eigenvalue weighted by molar-refractivity contribution is 6.42. The molecule has 1 aromatic heterocycles. The Morgan fingerprint density at radius 3 is 2.67 bits per heavy atom. The molecule has 0 fully saturated rings. The first-order valence-corrected chi connectivity index (χ1v) is 7.22. The van der Waals surface area contributed by atoms with Crippen molar-refractivity contribution in [3.05, 3.63) is 63.8 Å². The van der Waals surface area contributed by atoms with Gasteiger partial charge < -0.3 is 14.9 Å². The van der Waals surface area contributed by atoms with Gasteiger partial charge in [-0.3, -0.25) is 0 Å².